The first-order valence-corrected chi connectivity index (χ1v) is 3.51. The highest BCUT2D eigenvalue weighted by molar-refractivity contribution is 5.72. The Morgan fingerprint density at radius 1 is 1.67 bits per heavy atom. The molecule has 2 rings (SSSR count). The van der Waals surface area contributed by atoms with Crippen molar-refractivity contribution in [1.29, 1.82) is 0 Å². The molecule has 1 atom stereocenters. The summed E-state index contributed by atoms with van der Waals surface area (Å²) in [4.78, 5) is 10.3. The van der Waals surface area contributed by atoms with Crippen LogP contribution in [0.4, 0.5) is 0 Å². The zero-order chi connectivity index (χ0) is 8.55. The summed E-state index contributed by atoms with van der Waals surface area (Å²) in [5, 5.41) is 12.0. The first-order valence-electron chi connectivity index (χ1n) is 3.51. The number of aldehydes is 1. The van der Waals surface area contributed by atoms with Crippen LogP contribution in [0, 0.1) is 0 Å². The van der Waals surface area contributed by atoms with Crippen molar-refractivity contribution in [2.45, 2.75) is 6.23 Å². The third-order valence-corrected chi connectivity index (χ3v) is 1.71. The van der Waals surface area contributed by atoms with Crippen LogP contribution >= 0.6 is 0 Å². The number of aliphatic hydroxyl groups excluding tert-OH is 1. The fourth-order valence-electron chi connectivity index (χ4n) is 1.15. The van der Waals surface area contributed by atoms with Crippen molar-refractivity contribution in [3.8, 4) is 0 Å². The van der Waals surface area contributed by atoms with E-state index in [-0.39, 0.29) is 5.76 Å². The van der Waals surface area contributed by atoms with Gasteiger partial charge < -0.3 is 14.8 Å². The number of rotatable bonds is 1. The predicted octanol–water partition coefficient (Wildman–Crippen LogP) is 0.657. The summed E-state index contributed by atoms with van der Waals surface area (Å²) in [7, 11) is 0. The number of hydrogen-bond donors (Lipinski definition) is 2. The van der Waals surface area contributed by atoms with Gasteiger partial charge in [0.25, 0.3) is 0 Å². The molecular weight excluding hydrogens is 158 g/mol. The third-order valence-electron chi connectivity index (χ3n) is 1.71. The van der Waals surface area contributed by atoms with Crippen LogP contribution < -0.4 is 5.32 Å². The van der Waals surface area contributed by atoms with E-state index in [1.807, 2.05) is 0 Å². The normalized spacial score (nSPS) is 19.9. The standard InChI is InChI=1S/C8H7NO3/c10-4-5-3-6-7(12-5)1-2-9-8(6)11/h1-4,8-9,11H. The van der Waals surface area contributed by atoms with Gasteiger partial charge in [-0.1, -0.05) is 0 Å². The van der Waals surface area contributed by atoms with Gasteiger partial charge in [0.05, 0.1) is 0 Å². The predicted molar refractivity (Wildman–Crippen MR) is 41.2 cm³/mol. The Labute approximate surface area is 68.5 Å². The molecule has 4 nitrogen and oxygen atoms in total. The van der Waals surface area contributed by atoms with Crippen molar-refractivity contribution < 1.29 is 14.3 Å². The van der Waals surface area contributed by atoms with Crippen molar-refractivity contribution in [1.82, 2.24) is 5.32 Å². The topological polar surface area (TPSA) is 62.5 Å². The van der Waals surface area contributed by atoms with Crippen LogP contribution in [0.2, 0.25) is 0 Å². The van der Waals surface area contributed by atoms with Crippen LogP contribution in [0.5, 0.6) is 0 Å². The summed E-state index contributed by atoms with van der Waals surface area (Å²) in [6.07, 6.45) is 3.07. The molecule has 0 aromatic carbocycles. The van der Waals surface area contributed by atoms with Crippen molar-refractivity contribution in [2.75, 3.05) is 0 Å². The molecule has 62 valence electrons. The summed E-state index contributed by atoms with van der Waals surface area (Å²) >= 11 is 0. The van der Waals surface area contributed by atoms with Crippen LogP contribution in [0.3, 0.4) is 0 Å². The van der Waals surface area contributed by atoms with Crippen molar-refractivity contribution in [3.63, 3.8) is 0 Å². The highest BCUT2D eigenvalue weighted by Gasteiger charge is 2.18. The first-order chi connectivity index (χ1) is 5.81. The number of carbonyl (C=O) groups is 1. The summed E-state index contributed by atoms with van der Waals surface area (Å²) in [5.74, 6) is 0.760. The average Bonchev–Trinajstić information content (AvgIpc) is 2.49. The van der Waals surface area contributed by atoms with Gasteiger partial charge in [-0.3, -0.25) is 4.79 Å². The molecule has 4 heteroatoms. The molecule has 0 fully saturated rings. The lowest BCUT2D eigenvalue weighted by molar-refractivity contribution is 0.110. The molecule has 1 aliphatic heterocycles. The van der Waals surface area contributed by atoms with E-state index >= 15 is 0 Å². The smallest absolute Gasteiger partial charge is 0.185 e. The van der Waals surface area contributed by atoms with Gasteiger partial charge in [-0.05, 0) is 12.1 Å². The number of furan rings is 1. The Morgan fingerprint density at radius 3 is 3.17 bits per heavy atom. The Bertz CT molecular complexity index is 340. The number of nitrogens with one attached hydrogen (secondary N) is 1. The minimum Gasteiger partial charge on any atom is -0.453 e. The van der Waals surface area contributed by atoms with E-state index in [2.05, 4.69) is 5.32 Å². The molecule has 1 aromatic rings. The van der Waals surface area contributed by atoms with Crippen molar-refractivity contribution >= 4 is 12.4 Å². The maximum absolute atomic E-state index is 10.3. The van der Waals surface area contributed by atoms with E-state index in [1.165, 1.54) is 6.07 Å². The number of fused-ring (bicyclic) bond motifs is 1. The van der Waals surface area contributed by atoms with Gasteiger partial charge in [-0.2, -0.15) is 0 Å². The summed E-state index contributed by atoms with van der Waals surface area (Å²) < 4.78 is 5.07. The Balaban J connectivity index is 2.51. The molecule has 12 heavy (non-hydrogen) atoms. The molecule has 0 radical (unpaired) electrons. The minimum absolute atomic E-state index is 0.229. The van der Waals surface area contributed by atoms with Gasteiger partial charge >= 0.3 is 0 Å². The summed E-state index contributed by atoms with van der Waals surface area (Å²) in [6.45, 7) is 0. The molecule has 0 saturated carbocycles. The third kappa shape index (κ3) is 0.931. The molecule has 2 N–H and O–H groups in total. The second kappa shape index (κ2) is 2.49. The van der Waals surface area contributed by atoms with Gasteiger partial charge in [0.15, 0.2) is 18.3 Å². The zero-order valence-corrected chi connectivity index (χ0v) is 6.15. The lowest BCUT2D eigenvalue weighted by atomic mass is 10.2. The van der Waals surface area contributed by atoms with E-state index in [0.29, 0.717) is 17.6 Å². The van der Waals surface area contributed by atoms with E-state index in [0.717, 1.165) is 0 Å². The Morgan fingerprint density at radius 2 is 2.50 bits per heavy atom. The average molecular weight is 165 g/mol. The van der Waals surface area contributed by atoms with Gasteiger partial charge in [-0.15, -0.1) is 0 Å². The first kappa shape index (κ1) is 7.12. The molecule has 0 spiro atoms. The summed E-state index contributed by atoms with van der Waals surface area (Å²) in [6, 6.07) is 1.52. The van der Waals surface area contributed by atoms with Gasteiger partial charge in [0, 0.05) is 11.8 Å². The molecule has 1 aliphatic rings. The van der Waals surface area contributed by atoms with Gasteiger partial charge in [0.2, 0.25) is 0 Å². The number of aliphatic hydroxyl groups is 1. The lowest BCUT2D eigenvalue weighted by Crippen LogP contribution is -2.17. The number of hydrogen-bond acceptors (Lipinski definition) is 4. The Kier molecular flexibility index (Phi) is 1.48. The fraction of sp³-hybridized carbons (Fsp3) is 0.125. The van der Waals surface area contributed by atoms with Crippen molar-refractivity contribution in [3.05, 3.63) is 29.4 Å². The minimum atomic E-state index is -0.776. The molecule has 1 unspecified atom stereocenters. The van der Waals surface area contributed by atoms with Crippen molar-refractivity contribution in [2.24, 2.45) is 0 Å². The largest absolute Gasteiger partial charge is 0.453 e. The molecule has 0 bridgehead atoms. The van der Waals surface area contributed by atoms with Gasteiger partial charge in [-0.25, -0.2) is 0 Å². The van der Waals surface area contributed by atoms with E-state index in [4.69, 9.17) is 4.42 Å². The molecule has 0 aliphatic carbocycles. The fourth-order valence-corrected chi connectivity index (χ4v) is 1.15. The highest BCUT2D eigenvalue weighted by Crippen LogP contribution is 2.24. The molecule has 0 amide bonds. The monoisotopic (exact) mass is 165 g/mol. The van der Waals surface area contributed by atoms with Crippen LogP contribution in [0.1, 0.15) is 28.1 Å². The second-order valence-electron chi connectivity index (χ2n) is 2.49. The van der Waals surface area contributed by atoms with Gasteiger partial charge in [0.1, 0.15) is 5.76 Å². The van der Waals surface area contributed by atoms with E-state index in [1.54, 1.807) is 12.3 Å². The molecule has 2 heterocycles. The lowest BCUT2D eigenvalue weighted by Gasteiger charge is -2.12. The molecule has 0 saturated heterocycles. The Hall–Kier alpha value is -1.55. The van der Waals surface area contributed by atoms with Crippen LogP contribution in [0.25, 0.3) is 6.08 Å². The van der Waals surface area contributed by atoms with E-state index < -0.39 is 6.23 Å². The highest BCUT2D eigenvalue weighted by atomic mass is 16.4. The number of carbonyl (C=O) groups excluding carboxylic acids is 1. The second-order valence-corrected chi connectivity index (χ2v) is 2.49. The van der Waals surface area contributed by atoms with E-state index in [9.17, 15) is 9.90 Å². The maximum Gasteiger partial charge on any atom is 0.185 e. The zero-order valence-electron chi connectivity index (χ0n) is 6.15. The maximum atomic E-state index is 10.3. The van der Waals surface area contributed by atoms with Crippen LogP contribution in [-0.4, -0.2) is 11.4 Å². The SMILES string of the molecule is O=Cc1cc2c(o1)C=CNC2O. The quantitative estimate of drug-likeness (QED) is 0.600. The van der Waals surface area contributed by atoms with Crippen LogP contribution in [0.15, 0.2) is 16.7 Å². The molecular formula is C8H7NO3. The summed E-state index contributed by atoms with van der Waals surface area (Å²) in [5.41, 5.74) is 0.597. The molecule has 1 aromatic heterocycles. The van der Waals surface area contributed by atoms with Crippen LogP contribution in [-0.2, 0) is 0 Å².